The second-order valence-electron chi connectivity index (χ2n) is 0.688. The normalized spacial score (nSPS) is 8.00. The molecule has 0 aliphatic rings. The molecule has 5 heavy (non-hydrogen) atoms. The number of hydrogen-bond acceptors (Lipinski definition) is 2. The van der Waals surface area contributed by atoms with Crippen molar-refractivity contribution in [3.8, 4) is 0 Å². The number of nitrogens with zero attached hydrogens (tertiary/aromatic N) is 1. The van der Waals surface area contributed by atoms with Crippen molar-refractivity contribution in [2.45, 2.75) is 0 Å². The molecule has 0 spiro atoms. The fourth-order valence-electron chi connectivity index (χ4n) is 0.176. The molecule has 0 saturated heterocycles. The maximum atomic E-state index is 3.76. The van der Waals surface area contributed by atoms with Crippen molar-refractivity contribution in [3.63, 3.8) is 0 Å². The predicted molar refractivity (Wildman–Crippen MR) is 23.2 cm³/mol. The number of hydrogen-bond donors (Lipinski definition) is 0. The van der Waals surface area contributed by atoms with Gasteiger partial charge in [0.05, 0.1) is 0 Å². The molecule has 0 amide bonds. The smallest absolute Gasteiger partial charge is 0.201 e. The lowest BCUT2D eigenvalue weighted by molar-refractivity contribution is 1.58. The Bertz CT molecular complexity index is 67.3. The Morgan fingerprint density at radius 3 is 3.00 bits per heavy atom. The molecular formula is C3H4NS+. The molecule has 1 aromatic heterocycles. The van der Waals surface area contributed by atoms with Crippen molar-refractivity contribution >= 4 is 11.5 Å². The molecule has 0 radical (unpaired) electrons. The van der Waals surface area contributed by atoms with Gasteiger partial charge in [-0.2, -0.15) is 0 Å². The molecule has 0 bridgehead atoms. The Morgan fingerprint density at radius 1 is 1.80 bits per heavy atom. The van der Waals surface area contributed by atoms with E-state index < -0.39 is 0 Å². The first-order chi connectivity index (χ1) is 2.50. The van der Waals surface area contributed by atoms with Gasteiger partial charge in [0.25, 0.3) is 0 Å². The predicted octanol–water partition coefficient (Wildman–Crippen LogP) is 1.26. The average molecular weight is 86.1 g/mol. The summed E-state index contributed by atoms with van der Waals surface area (Å²) in [5, 5.41) is 1.93. The van der Waals surface area contributed by atoms with Crippen molar-refractivity contribution in [1.82, 2.24) is 4.37 Å². The quantitative estimate of drug-likeness (QED) is 0.463. The lowest BCUT2D eigenvalue weighted by atomic mass is 10.8. The van der Waals surface area contributed by atoms with E-state index in [9.17, 15) is 0 Å². The first-order valence-corrected chi connectivity index (χ1v) is 2.18. The van der Waals surface area contributed by atoms with Gasteiger partial charge < -0.3 is 0 Å². The minimum absolute atomic E-state index is 0. The minimum atomic E-state index is 0. The van der Waals surface area contributed by atoms with E-state index in [1.54, 1.807) is 6.20 Å². The Hall–Kier alpha value is -0.370. The fraction of sp³-hybridized carbons (Fsp3) is 0. The van der Waals surface area contributed by atoms with Gasteiger partial charge in [0.1, 0.15) is 0 Å². The molecule has 0 aromatic carbocycles. The maximum Gasteiger partial charge on any atom is 1.00 e. The van der Waals surface area contributed by atoms with Crippen LogP contribution in [0.25, 0.3) is 0 Å². The summed E-state index contributed by atoms with van der Waals surface area (Å²) in [7, 11) is 0. The van der Waals surface area contributed by atoms with Crippen LogP contribution in [0.2, 0.25) is 0 Å². The SMILES string of the molecule is [H+].c1cnsc1. The standard InChI is InChI=1S/C3H3NS/c1-2-4-5-3-1/h1-3H/p+1. The summed E-state index contributed by atoms with van der Waals surface area (Å²) in [5.74, 6) is 0. The van der Waals surface area contributed by atoms with Crippen LogP contribution in [0.15, 0.2) is 17.6 Å². The molecule has 0 aliphatic heterocycles. The number of rotatable bonds is 0. The average Bonchev–Trinajstić information content (AvgIpc) is 1.76. The Balaban J connectivity index is 0.000000250. The summed E-state index contributed by atoms with van der Waals surface area (Å²) in [6.45, 7) is 0. The van der Waals surface area contributed by atoms with Crippen LogP contribution in [0, 0.1) is 0 Å². The van der Waals surface area contributed by atoms with Gasteiger partial charge in [-0.15, -0.1) is 0 Å². The Morgan fingerprint density at radius 2 is 2.80 bits per heavy atom. The van der Waals surface area contributed by atoms with Crippen molar-refractivity contribution in [2.75, 3.05) is 0 Å². The molecule has 0 unspecified atom stereocenters. The van der Waals surface area contributed by atoms with E-state index in [4.69, 9.17) is 0 Å². The first kappa shape index (κ1) is 2.85. The highest BCUT2D eigenvalue weighted by Gasteiger charge is 1.59. The van der Waals surface area contributed by atoms with Gasteiger partial charge in [-0.3, -0.25) is 0 Å². The van der Waals surface area contributed by atoms with Gasteiger partial charge in [-0.05, 0) is 17.6 Å². The van der Waals surface area contributed by atoms with Crippen molar-refractivity contribution < 1.29 is 1.43 Å². The van der Waals surface area contributed by atoms with E-state index in [0.717, 1.165) is 0 Å². The molecule has 1 nitrogen and oxygen atoms in total. The molecule has 1 rings (SSSR count). The third-order valence-corrected chi connectivity index (χ3v) is 0.869. The Kier molecular flexibility index (Phi) is 0.667. The summed E-state index contributed by atoms with van der Waals surface area (Å²) in [6, 6.07) is 1.91. The van der Waals surface area contributed by atoms with Crippen LogP contribution in [-0.2, 0) is 0 Å². The highest BCUT2D eigenvalue weighted by molar-refractivity contribution is 7.03. The zero-order valence-corrected chi connectivity index (χ0v) is 3.40. The van der Waals surface area contributed by atoms with E-state index in [1.807, 2.05) is 11.4 Å². The first-order valence-electron chi connectivity index (χ1n) is 1.34. The Labute approximate surface area is 35.9 Å². The minimum Gasteiger partial charge on any atom is -0.201 e. The zero-order valence-electron chi connectivity index (χ0n) is 3.59. The van der Waals surface area contributed by atoms with Crippen LogP contribution < -0.4 is 0 Å². The van der Waals surface area contributed by atoms with Gasteiger partial charge in [0.2, 0.25) is 0 Å². The summed E-state index contributed by atoms with van der Waals surface area (Å²) < 4.78 is 3.76. The lowest BCUT2D eigenvalue weighted by Crippen LogP contribution is -1.32. The van der Waals surface area contributed by atoms with Gasteiger partial charge >= 0.3 is 1.43 Å². The molecule has 1 heterocycles. The van der Waals surface area contributed by atoms with Gasteiger partial charge in [-0.1, -0.05) is 0 Å². The van der Waals surface area contributed by atoms with Crippen LogP contribution in [0.1, 0.15) is 1.43 Å². The maximum absolute atomic E-state index is 3.76. The molecular weight excluding hydrogens is 82.1 g/mol. The molecule has 26 valence electrons. The van der Waals surface area contributed by atoms with Crippen molar-refractivity contribution in [2.24, 2.45) is 0 Å². The van der Waals surface area contributed by atoms with Crippen LogP contribution in [0.3, 0.4) is 0 Å². The van der Waals surface area contributed by atoms with Crippen LogP contribution in [0.5, 0.6) is 0 Å². The van der Waals surface area contributed by atoms with E-state index >= 15 is 0 Å². The molecule has 0 saturated carbocycles. The van der Waals surface area contributed by atoms with Crippen molar-refractivity contribution in [1.29, 1.82) is 0 Å². The fourth-order valence-corrected chi connectivity index (χ4v) is 0.527. The third-order valence-electron chi connectivity index (χ3n) is 0.347. The second kappa shape index (κ2) is 1.17. The van der Waals surface area contributed by atoms with E-state index in [1.165, 1.54) is 11.5 Å². The monoisotopic (exact) mass is 86.0 g/mol. The summed E-state index contributed by atoms with van der Waals surface area (Å²) in [6.07, 6.45) is 1.77. The molecule has 0 atom stereocenters. The van der Waals surface area contributed by atoms with Crippen LogP contribution >= 0.6 is 11.5 Å². The second-order valence-corrected chi connectivity index (χ2v) is 1.38. The van der Waals surface area contributed by atoms with Crippen LogP contribution in [0.4, 0.5) is 0 Å². The van der Waals surface area contributed by atoms with Crippen LogP contribution in [-0.4, -0.2) is 4.37 Å². The summed E-state index contributed by atoms with van der Waals surface area (Å²) >= 11 is 1.46. The molecule has 0 N–H and O–H groups in total. The lowest BCUT2D eigenvalue weighted by Gasteiger charge is -1.41. The molecule has 1 aromatic rings. The third kappa shape index (κ3) is 0.450. The van der Waals surface area contributed by atoms with Gasteiger partial charge in [0.15, 0.2) is 0 Å². The van der Waals surface area contributed by atoms with Gasteiger partial charge in [0, 0.05) is 11.6 Å². The zero-order chi connectivity index (χ0) is 3.54. The van der Waals surface area contributed by atoms with Crippen molar-refractivity contribution in [3.05, 3.63) is 17.6 Å². The molecule has 0 fully saturated rings. The largest absolute Gasteiger partial charge is 1.00 e. The topological polar surface area (TPSA) is 12.9 Å². The van der Waals surface area contributed by atoms with E-state index in [2.05, 4.69) is 4.37 Å². The summed E-state index contributed by atoms with van der Waals surface area (Å²) in [4.78, 5) is 0. The molecule has 2 heteroatoms. The van der Waals surface area contributed by atoms with Gasteiger partial charge in [-0.25, -0.2) is 4.37 Å². The summed E-state index contributed by atoms with van der Waals surface area (Å²) in [5.41, 5.74) is 0. The van der Waals surface area contributed by atoms with E-state index in [0.29, 0.717) is 0 Å². The highest BCUT2D eigenvalue weighted by atomic mass is 32.1. The van der Waals surface area contributed by atoms with E-state index in [-0.39, 0.29) is 1.43 Å². The highest BCUT2D eigenvalue weighted by Crippen LogP contribution is 1.83. The molecule has 0 aliphatic carbocycles. The number of aromatic nitrogens is 1.